The van der Waals surface area contributed by atoms with Gasteiger partial charge in [0.1, 0.15) is 5.38 Å². The molecule has 0 fully saturated rings. The Morgan fingerprint density at radius 3 is 2.88 bits per heavy atom. The summed E-state index contributed by atoms with van der Waals surface area (Å²) >= 11 is 9.16. The number of benzene rings is 1. The summed E-state index contributed by atoms with van der Waals surface area (Å²) in [6.07, 6.45) is 1.85. The van der Waals surface area contributed by atoms with Gasteiger partial charge in [0.05, 0.1) is 0 Å². The summed E-state index contributed by atoms with van der Waals surface area (Å²) in [5.41, 5.74) is 0.973. The number of carboxylic acids is 1. The van der Waals surface area contributed by atoms with Gasteiger partial charge in [-0.3, -0.25) is 4.79 Å². The third-order valence-electron chi connectivity index (χ3n) is 2.36. The van der Waals surface area contributed by atoms with Gasteiger partial charge in [0, 0.05) is 28.1 Å². The fourth-order valence-corrected chi connectivity index (χ4v) is 2.33. The van der Waals surface area contributed by atoms with Crippen molar-refractivity contribution >= 4 is 44.4 Å². The number of fused-ring (bicyclic) bond motifs is 1. The normalized spacial score (nSPS) is 12.9. The molecule has 0 radical (unpaired) electrons. The van der Waals surface area contributed by atoms with E-state index in [2.05, 4.69) is 15.9 Å². The van der Waals surface area contributed by atoms with E-state index < -0.39 is 11.3 Å². The summed E-state index contributed by atoms with van der Waals surface area (Å²) in [5, 5.41) is 8.90. The number of carbonyl (C=O) groups is 1. The zero-order valence-electron chi connectivity index (χ0n) is 8.23. The highest BCUT2D eigenvalue weighted by Crippen LogP contribution is 2.26. The average Bonchev–Trinajstić information content (AvgIpc) is 2.57. The molecule has 5 heteroatoms. The minimum Gasteiger partial charge on any atom is -0.480 e. The molecule has 1 N–H and O–H groups in total. The third kappa shape index (κ3) is 2.08. The molecule has 0 amide bonds. The smallest absolute Gasteiger partial charge is 0.323 e. The molecule has 1 unspecified atom stereocenters. The van der Waals surface area contributed by atoms with Crippen LogP contribution in [0.3, 0.4) is 0 Å². The molecule has 1 aromatic carbocycles. The van der Waals surface area contributed by atoms with E-state index in [1.165, 1.54) is 0 Å². The molecule has 2 aromatic rings. The van der Waals surface area contributed by atoms with E-state index in [0.29, 0.717) is 0 Å². The van der Waals surface area contributed by atoms with Crippen LogP contribution >= 0.6 is 27.5 Å². The van der Waals surface area contributed by atoms with Crippen LogP contribution in [0.2, 0.25) is 0 Å². The second kappa shape index (κ2) is 4.47. The predicted octanol–water partition coefficient (Wildman–Crippen LogP) is 3.10. The van der Waals surface area contributed by atoms with Crippen molar-refractivity contribution in [2.45, 2.75) is 11.9 Å². The lowest BCUT2D eigenvalue weighted by Gasteiger charge is -2.07. The standard InChI is InChI=1S/C11H9BrClNO2/c12-8-5-14(6-9(13)11(15)16)10-4-2-1-3-7(8)10/h1-5,9H,6H2,(H,15,16). The number of rotatable bonds is 3. The van der Waals surface area contributed by atoms with Crippen LogP contribution in [0.4, 0.5) is 0 Å². The Kier molecular flexibility index (Phi) is 3.21. The fraction of sp³-hybridized carbons (Fsp3) is 0.182. The van der Waals surface area contributed by atoms with Gasteiger partial charge in [0.25, 0.3) is 0 Å². The van der Waals surface area contributed by atoms with Crippen LogP contribution in [-0.4, -0.2) is 21.0 Å². The minimum absolute atomic E-state index is 0.253. The van der Waals surface area contributed by atoms with Crippen molar-refractivity contribution in [3.8, 4) is 0 Å². The number of aromatic nitrogens is 1. The lowest BCUT2D eigenvalue weighted by molar-refractivity contribution is -0.136. The first kappa shape index (κ1) is 11.5. The van der Waals surface area contributed by atoms with Crippen molar-refractivity contribution in [1.29, 1.82) is 0 Å². The molecule has 16 heavy (non-hydrogen) atoms. The van der Waals surface area contributed by atoms with E-state index in [0.717, 1.165) is 15.4 Å². The Morgan fingerprint density at radius 1 is 1.50 bits per heavy atom. The van der Waals surface area contributed by atoms with Gasteiger partial charge in [-0.15, -0.1) is 11.6 Å². The molecular formula is C11H9BrClNO2. The molecular weight excluding hydrogens is 293 g/mol. The number of para-hydroxylation sites is 1. The van der Waals surface area contributed by atoms with Crippen molar-refractivity contribution < 1.29 is 9.90 Å². The van der Waals surface area contributed by atoms with E-state index in [1.807, 2.05) is 35.0 Å². The highest BCUT2D eigenvalue weighted by molar-refractivity contribution is 9.10. The lowest BCUT2D eigenvalue weighted by atomic mass is 10.2. The van der Waals surface area contributed by atoms with Crippen LogP contribution in [0, 0.1) is 0 Å². The van der Waals surface area contributed by atoms with Crippen LogP contribution in [0.5, 0.6) is 0 Å². The van der Waals surface area contributed by atoms with E-state index >= 15 is 0 Å². The number of hydrogen-bond acceptors (Lipinski definition) is 1. The Morgan fingerprint density at radius 2 is 2.19 bits per heavy atom. The second-order valence-electron chi connectivity index (χ2n) is 3.45. The maximum Gasteiger partial charge on any atom is 0.323 e. The molecule has 1 atom stereocenters. The summed E-state index contributed by atoms with van der Waals surface area (Å²) in [4.78, 5) is 10.7. The van der Waals surface area contributed by atoms with Gasteiger partial charge in [-0.1, -0.05) is 18.2 Å². The van der Waals surface area contributed by atoms with Crippen molar-refractivity contribution in [3.63, 3.8) is 0 Å². The Bertz CT molecular complexity index is 538. The Balaban J connectivity index is 2.42. The van der Waals surface area contributed by atoms with Crippen molar-refractivity contribution in [3.05, 3.63) is 34.9 Å². The number of carboxylic acid groups (broad SMARTS) is 1. The largest absolute Gasteiger partial charge is 0.480 e. The predicted molar refractivity (Wildman–Crippen MR) is 66.9 cm³/mol. The fourth-order valence-electron chi connectivity index (χ4n) is 1.60. The van der Waals surface area contributed by atoms with Crippen LogP contribution in [-0.2, 0) is 11.3 Å². The molecule has 1 heterocycles. The van der Waals surface area contributed by atoms with Gasteiger partial charge in [-0.2, -0.15) is 0 Å². The second-order valence-corrected chi connectivity index (χ2v) is 4.83. The van der Waals surface area contributed by atoms with Crippen molar-refractivity contribution in [2.75, 3.05) is 0 Å². The number of hydrogen-bond donors (Lipinski definition) is 1. The molecule has 0 aliphatic rings. The molecule has 0 spiro atoms. The molecule has 0 aliphatic carbocycles. The van der Waals surface area contributed by atoms with Crippen molar-refractivity contribution in [2.24, 2.45) is 0 Å². The highest BCUT2D eigenvalue weighted by atomic mass is 79.9. The molecule has 0 saturated carbocycles. The van der Waals surface area contributed by atoms with E-state index in [-0.39, 0.29) is 6.54 Å². The molecule has 84 valence electrons. The first-order chi connectivity index (χ1) is 7.59. The number of nitrogens with zero attached hydrogens (tertiary/aromatic N) is 1. The van der Waals surface area contributed by atoms with Crippen molar-refractivity contribution in [1.82, 2.24) is 4.57 Å². The number of halogens is 2. The maximum atomic E-state index is 10.7. The summed E-state index contributed by atoms with van der Waals surface area (Å²) in [7, 11) is 0. The van der Waals surface area contributed by atoms with Crippen LogP contribution in [0.15, 0.2) is 34.9 Å². The first-order valence-corrected chi connectivity index (χ1v) is 5.93. The minimum atomic E-state index is -1.00. The van der Waals surface area contributed by atoms with Gasteiger partial charge >= 0.3 is 5.97 Å². The number of alkyl halides is 1. The first-order valence-electron chi connectivity index (χ1n) is 4.70. The third-order valence-corrected chi connectivity index (χ3v) is 3.32. The summed E-state index contributed by atoms with van der Waals surface area (Å²) in [5.74, 6) is -1.00. The van der Waals surface area contributed by atoms with Crippen LogP contribution in [0.1, 0.15) is 0 Å². The number of aliphatic carboxylic acids is 1. The van der Waals surface area contributed by atoms with Gasteiger partial charge in [0.2, 0.25) is 0 Å². The maximum absolute atomic E-state index is 10.7. The van der Waals surface area contributed by atoms with Crippen LogP contribution in [0.25, 0.3) is 10.9 Å². The monoisotopic (exact) mass is 301 g/mol. The van der Waals surface area contributed by atoms with Gasteiger partial charge in [-0.25, -0.2) is 0 Å². The van der Waals surface area contributed by atoms with E-state index in [1.54, 1.807) is 0 Å². The van der Waals surface area contributed by atoms with Gasteiger partial charge < -0.3 is 9.67 Å². The Labute approximate surface area is 106 Å². The molecule has 1 aromatic heterocycles. The summed E-state index contributed by atoms with van der Waals surface area (Å²) in [6, 6.07) is 7.76. The molecule has 3 nitrogen and oxygen atoms in total. The molecule has 0 aliphatic heterocycles. The van der Waals surface area contributed by atoms with E-state index in [9.17, 15) is 4.79 Å². The zero-order valence-corrected chi connectivity index (χ0v) is 10.6. The van der Waals surface area contributed by atoms with Crippen LogP contribution < -0.4 is 0 Å². The van der Waals surface area contributed by atoms with E-state index in [4.69, 9.17) is 16.7 Å². The SMILES string of the molecule is O=C(O)C(Cl)Cn1cc(Br)c2ccccc21. The summed E-state index contributed by atoms with van der Waals surface area (Å²) < 4.78 is 2.78. The highest BCUT2D eigenvalue weighted by Gasteiger charge is 2.16. The zero-order chi connectivity index (χ0) is 11.7. The lowest BCUT2D eigenvalue weighted by Crippen LogP contribution is -2.19. The Hall–Kier alpha value is -1.00. The molecule has 0 saturated heterocycles. The molecule has 0 bridgehead atoms. The quantitative estimate of drug-likeness (QED) is 0.885. The summed E-state index contributed by atoms with van der Waals surface area (Å²) in [6.45, 7) is 0.253. The van der Waals surface area contributed by atoms with Gasteiger partial charge in [-0.05, 0) is 22.0 Å². The topological polar surface area (TPSA) is 42.2 Å². The van der Waals surface area contributed by atoms with Gasteiger partial charge in [0.15, 0.2) is 0 Å². The average molecular weight is 303 g/mol. The molecule has 2 rings (SSSR count).